The maximum Gasteiger partial charge on any atom is 0.225 e. The number of amides is 1. The predicted molar refractivity (Wildman–Crippen MR) is 82.8 cm³/mol. The van der Waals surface area contributed by atoms with Crippen molar-refractivity contribution in [3.63, 3.8) is 0 Å². The Morgan fingerprint density at radius 1 is 1.25 bits per heavy atom. The lowest BCUT2D eigenvalue weighted by atomic mass is 9.86. The van der Waals surface area contributed by atoms with Gasteiger partial charge >= 0.3 is 0 Å². The maximum atomic E-state index is 12.7. The fraction of sp³-hybridized carbons (Fsp3) is 0.688. The van der Waals surface area contributed by atoms with Crippen LogP contribution in [0.2, 0.25) is 0 Å². The van der Waals surface area contributed by atoms with E-state index in [9.17, 15) is 4.79 Å². The largest absolute Gasteiger partial charge is 0.340 e. The second-order valence-corrected chi connectivity index (χ2v) is 7.27. The summed E-state index contributed by atoms with van der Waals surface area (Å²) in [6, 6.07) is 4.40. The van der Waals surface area contributed by atoms with Gasteiger partial charge in [0, 0.05) is 35.8 Å². The molecule has 110 valence electrons. The van der Waals surface area contributed by atoms with E-state index < -0.39 is 0 Å². The first-order valence-electron chi connectivity index (χ1n) is 7.82. The van der Waals surface area contributed by atoms with Crippen LogP contribution >= 0.6 is 11.3 Å². The van der Waals surface area contributed by atoms with E-state index in [1.165, 1.54) is 24.1 Å². The summed E-state index contributed by atoms with van der Waals surface area (Å²) in [5.41, 5.74) is 6.20. The molecular formula is C16H24N2OS. The highest BCUT2D eigenvalue weighted by Gasteiger charge is 2.33. The van der Waals surface area contributed by atoms with Gasteiger partial charge in [0.05, 0.1) is 0 Å². The van der Waals surface area contributed by atoms with Crippen LogP contribution in [0.3, 0.4) is 0 Å². The van der Waals surface area contributed by atoms with E-state index >= 15 is 0 Å². The Morgan fingerprint density at radius 3 is 2.75 bits per heavy atom. The summed E-state index contributed by atoms with van der Waals surface area (Å²) in [6.07, 6.45) is 6.88. The van der Waals surface area contributed by atoms with Crippen LogP contribution in [0, 0.1) is 5.92 Å². The van der Waals surface area contributed by atoms with Crippen molar-refractivity contribution >= 4 is 17.2 Å². The SMILES string of the molecule is NC1CC(c2cccs2)CN(C(=O)C2CCCCC2)C1. The van der Waals surface area contributed by atoms with Crippen LogP contribution in [-0.2, 0) is 4.79 Å². The van der Waals surface area contributed by atoms with Gasteiger partial charge in [0.25, 0.3) is 0 Å². The molecule has 1 saturated heterocycles. The van der Waals surface area contributed by atoms with Crippen molar-refractivity contribution in [2.75, 3.05) is 13.1 Å². The Bertz CT molecular complexity index is 439. The molecule has 0 radical (unpaired) electrons. The zero-order valence-electron chi connectivity index (χ0n) is 12.0. The minimum absolute atomic E-state index is 0.128. The monoisotopic (exact) mass is 292 g/mol. The highest BCUT2D eigenvalue weighted by molar-refractivity contribution is 7.10. The van der Waals surface area contributed by atoms with Gasteiger partial charge in [0.2, 0.25) is 5.91 Å². The Hall–Kier alpha value is -0.870. The topological polar surface area (TPSA) is 46.3 Å². The number of carbonyl (C=O) groups is 1. The molecule has 20 heavy (non-hydrogen) atoms. The van der Waals surface area contributed by atoms with Gasteiger partial charge in [0.15, 0.2) is 0 Å². The lowest BCUT2D eigenvalue weighted by Gasteiger charge is -2.38. The average molecular weight is 292 g/mol. The van der Waals surface area contributed by atoms with Crippen molar-refractivity contribution in [3.05, 3.63) is 22.4 Å². The average Bonchev–Trinajstić information content (AvgIpc) is 3.01. The predicted octanol–water partition coefficient (Wildman–Crippen LogP) is 2.97. The number of nitrogens with two attached hydrogens (primary N) is 1. The lowest BCUT2D eigenvalue weighted by molar-refractivity contribution is -0.138. The molecule has 0 aromatic carbocycles. The molecule has 0 bridgehead atoms. The third-order valence-corrected chi connectivity index (χ3v) is 5.73. The Labute approximate surface area is 125 Å². The number of hydrogen-bond acceptors (Lipinski definition) is 3. The van der Waals surface area contributed by atoms with E-state index in [2.05, 4.69) is 22.4 Å². The van der Waals surface area contributed by atoms with Crippen molar-refractivity contribution in [3.8, 4) is 0 Å². The molecule has 1 amide bonds. The highest BCUT2D eigenvalue weighted by atomic mass is 32.1. The zero-order chi connectivity index (χ0) is 13.9. The number of nitrogens with zero attached hydrogens (tertiary/aromatic N) is 1. The minimum atomic E-state index is 0.128. The molecule has 2 N–H and O–H groups in total. The van der Waals surface area contributed by atoms with Gasteiger partial charge in [-0.25, -0.2) is 0 Å². The van der Waals surface area contributed by atoms with E-state index in [0.29, 0.717) is 11.8 Å². The van der Waals surface area contributed by atoms with Gasteiger partial charge in [-0.1, -0.05) is 25.3 Å². The normalized spacial score (nSPS) is 28.6. The van der Waals surface area contributed by atoms with Gasteiger partial charge in [-0.05, 0) is 30.7 Å². The van der Waals surface area contributed by atoms with Crippen LogP contribution in [0.25, 0.3) is 0 Å². The van der Waals surface area contributed by atoms with Crippen molar-refractivity contribution in [2.45, 2.75) is 50.5 Å². The molecule has 3 nitrogen and oxygen atoms in total. The number of carbonyl (C=O) groups excluding carboxylic acids is 1. The fourth-order valence-electron chi connectivity index (χ4n) is 3.66. The molecule has 0 spiro atoms. The van der Waals surface area contributed by atoms with E-state index in [4.69, 9.17) is 5.73 Å². The third-order valence-electron chi connectivity index (χ3n) is 4.69. The zero-order valence-corrected chi connectivity index (χ0v) is 12.8. The molecule has 1 aliphatic carbocycles. The van der Waals surface area contributed by atoms with Crippen molar-refractivity contribution < 1.29 is 4.79 Å². The summed E-state index contributed by atoms with van der Waals surface area (Å²) < 4.78 is 0. The number of rotatable bonds is 2. The first kappa shape index (κ1) is 14.1. The van der Waals surface area contributed by atoms with E-state index in [-0.39, 0.29) is 12.0 Å². The summed E-state index contributed by atoms with van der Waals surface area (Å²) in [7, 11) is 0. The molecule has 4 heteroatoms. The smallest absolute Gasteiger partial charge is 0.225 e. The van der Waals surface area contributed by atoms with Crippen molar-refractivity contribution in [1.82, 2.24) is 4.90 Å². The lowest BCUT2D eigenvalue weighted by Crippen LogP contribution is -2.50. The van der Waals surface area contributed by atoms with Gasteiger partial charge < -0.3 is 10.6 Å². The summed E-state index contributed by atoms with van der Waals surface area (Å²) >= 11 is 1.79. The maximum absolute atomic E-state index is 12.7. The van der Waals surface area contributed by atoms with E-state index in [0.717, 1.165) is 32.4 Å². The fourth-order valence-corrected chi connectivity index (χ4v) is 4.49. The van der Waals surface area contributed by atoms with Crippen molar-refractivity contribution in [2.24, 2.45) is 11.7 Å². The highest BCUT2D eigenvalue weighted by Crippen LogP contribution is 2.32. The van der Waals surface area contributed by atoms with E-state index in [1.807, 2.05) is 0 Å². The van der Waals surface area contributed by atoms with Gasteiger partial charge in [-0.2, -0.15) is 0 Å². The number of thiophene rings is 1. The van der Waals surface area contributed by atoms with Crippen LogP contribution < -0.4 is 5.73 Å². The molecule has 2 aliphatic rings. The van der Waals surface area contributed by atoms with E-state index in [1.54, 1.807) is 11.3 Å². The first-order chi connectivity index (χ1) is 9.74. The molecule has 2 atom stereocenters. The van der Waals surface area contributed by atoms with Gasteiger partial charge in [-0.3, -0.25) is 4.79 Å². The molecule has 1 aromatic rings. The summed E-state index contributed by atoms with van der Waals surface area (Å²) in [5.74, 6) is 1.06. The standard InChI is InChI=1S/C16H24N2OS/c17-14-9-13(15-7-4-8-20-15)10-18(11-14)16(19)12-5-2-1-3-6-12/h4,7-8,12-14H,1-3,5-6,9-11,17H2. The number of piperidine rings is 1. The van der Waals surface area contributed by atoms with Gasteiger partial charge in [0.1, 0.15) is 0 Å². The summed E-state index contributed by atoms with van der Waals surface area (Å²) in [5, 5.41) is 2.11. The van der Waals surface area contributed by atoms with Crippen LogP contribution in [0.5, 0.6) is 0 Å². The third kappa shape index (κ3) is 3.07. The van der Waals surface area contributed by atoms with Crippen molar-refractivity contribution in [1.29, 1.82) is 0 Å². The molecule has 2 unspecified atom stereocenters. The molecule has 1 aliphatic heterocycles. The molecule has 1 aromatic heterocycles. The van der Waals surface area contributed by atoms with Crippen LogP contribution in [0.15, 0.2) is 17.5 Å². The van der Waals surface area contributed by atoms with Crippen LogP contribution in [0.1, 0.15) is 49.3 Å². The molecular weight excluding hydrogens is 268 g/mol. The quantitative estimate of drug-likeness (QED) is 0.911. The Kier molecular flexibility index (Phi) is 4.41. The Balaban J connectivity index is 1.67. The Morgan fingerprint density at radius 2 is 2.05 bits per heavy atom. The number of hydrogen-bond donors (Lipinski definition) is 1. The van der Waals surface area contributed by atoms with Gasteiger partial charge in [-0.15, -0.1) is 11.3 Å². The van der Waals surface area contributed by atoms with Crippen LogP contribution in [0.4, 0.5) is 0 Å². The molecule has 1 saturated carbocycles. The first-order valence-corrected chi connectivity index (χ1v) is 8.70. The summed E-state index contributed by atoms with van der Waals surface area (Å²) in [6.45, 7) is 1.61. The number of likely N-dealkylation sites (tertiary alicyclic amines) is 1. The summed E-state index contributed by atoms with van der Waals surface area (Å²) in [4.78, 5) is 16.1. The molecule has 3 rings (SSSR count). The second kappa shape index (κ2) is 6.27. The van der Waals surface area contributed by atoms with Crippen LogP contribution in [-0.4, -0.2) is 29.9 Å². The molecule has 2 fully saturated rings. The second-order valence-electron chi connectivity index (χ2n) is 6.29. The molecule has 2 heterocycles. The minimum Gasteiger partial charge on any atom is -0.340 e.